The molecule has 8 heteroatoms. The summed E-state index contributed by atoms with van der Waals surface area (Å²) in [5.74, 6) is 0.350. The van der Waals surface area contributed by atoms with Crippen molar-refractivity contribution >= 4 is 40.4 Å². The number of nitrogens with one attached hydrogen (secondary N) is 1. The monoisotopic (exact) mass is 427 g/mol. The highest BCUT2D eigenvalue weighted by molar-refractivity contribution is 9.10. The van der Waals surface area contributed by atoms with Crippen molar-refractivity contribution in [3.63, 3.8) is 0 Å². The molecule has 0 spiro atoms. The van der Waals surface area contributed by atoms with E-state index in [2.05, 4.69) is 33.9 Å². The number of hydrogen-bond donors (Lipinski definition) is 2. The summed E-state index contributed by atoms with van der Waals surface area (Å²) in [7, 11) is 0. The molecule has 1 N–H and O–H groups in total. The van der Waals surface area contributed by atoms with Crippen LogP contribution in [0.2, 0.25) is 0 Å². The fraction of sp³-hybridized carbons (Fsp3) is 0.294. The molecule has 25 heavy (non-hydrogen) atoms. The Hall–Kier alpha value is -1.93. The summed E-state index contributed by atoms with van der Waals surface area (Å²) in [6.07, 6.45) is 0. The van der Waals surface area contributed by atoms with Crippen molar-refractivity contribution in [1.82, 2.24) is 5.32 Å². The van der Waals surface area contributed by atoms with E-state index in [0.717, 1.165) is 4.47 Å². The molecule has 134 valence electrons. The Balaban J connectivity index is 1.91. The molecule has 0 radical (unpaired) electrons. The van der Waals surface area contributed by atoms with Gasteiger partial charge >= 0.3 is 5.97 Å². The number of ether oxygens (including phenoxy) is 2. The Labute approximate surface area is 159 Å². The van der Waals surface area contributed by atoms with Crippen LogP contribution in [0.25, 0.3) is 0 Å². The van der Waals surface area contributed by atoms with E-state index < -0.39 is 17.9 Å². The molecule has 1 aromatic heterocycles. The molecule has 2 rings (SSSR count). The second kappa shape index (κ2) is 9.53. The van der Waals surface area contributed by atoms with Crippen LogP contribution in [0.4, 0.5) is 0 Å². The van der Waals surface area contributed by atoms with Gasteiger partial charge in [-0.1, -0.05) is 15.9 Å². The van der Waals surface area contributed by atoms with Crippen LogP contribution in [0.15, 0.2) is 45.3 Å². The molecule has 6 nitrogen and oxygen atoms in total. The molecular weight excluding hydrogens is 410 g/mol. The first kappa shape index (κ1) is 19.4. The number of benzene rings is 1. The van der Waals surface area contributed by atoms with Gasteiger partial charge in [0.15, 0.2) is 5.76 Å². The summed E-state index contributed by atoms with van der Waals surface area (Å²) in [6, 6.07) is 9.70. The molecule has 0 saturated carbocycles. The number of carbonyl (C=O) groups excluding carboxylic acids is 2. The van der Waals surface area contributed by atoms with E-state index in [4.69, 9.17) is 13.9 Å². The van der Waals surface area contributed by atoms with E-state index in [-0.39, 0.29) is 24.7 Å². The van der Waals surface area contributed by atoms with E-state index >= 15 is 0 Å². The SMILES string of the molecule is CCOC(=O)[C@H](CS)NC(=O)c1ccc(COc2ccc(Br)cc2)o1. The van der Waals surface area contributed by atoms with E-state index in [9.17, 15) is 9.59 Å². The Morgan fingerprint density at radius 2 is 1.96 bits per heavy atom. The third-order valence-corrected chi connectivity index (χ3v) is 4.03. The van der Waals surface area contributed by atoms with Crippen LogP contribution in [0.3, 0.4) is 0 Å². The maximum atomic E-state index is 12.2. The number of furan rings is 1. The minimum atomic E-state index is -0.830. The van der Waals surface area contributed by atoms with Gasteiger partial charge in [0.25, 0.3) is 5.91 Å². The Bertz CT molecular complexity index is 716. The van der Waals surface area contributed by atoms with Crippen molar-refractivity contribution in [2.75, 3.05) is 12.4 Å². The molecule has 0 bridgehead atoms. The Morgan fingerprint density at radius 3 is 2.60 bits per heavy atom. The van der Waals surface area contributed by atoms with Gasteiger partial charge in [0.2, 0.25) is 0 Å². The number of carbonyl (C=O) groups is 2. The van der Waals surface area contributed by atoms with E-state index in [1.54, 1.807) is 13.0 Å². The number of rotatable bonds is 8. The lowest BCUT2D eigenvalue weighted by molar-refractivity contribution is -0.144. The zero-order valence-corrected chi connectivity index (χ0v) is 16.0. The van der Waals surface area contributed by atoms with Crippen molar-refractivity contribution in [1.29, 1.82) is 0 Å². The van der Waals surface area contributed by atoms with Crippen LogP contribution >= 0.6 is 28.6 Å². The van der Waals surface area contributed by atoms with Crippen LogP contribution < -0.4 is 10.1 Å². The molecule has 1 amide bonds. The topological polar surface area (TPSA) is 77.8 Å². The minimum absolute atomic E-state index is 0.0884. The fourth-order valence-corrected chi connectivity index (χ4v) is 2.42. The van der Waals surface area contributed by atoms with E-state index in [0.29, 0.717) is 11.5 Å². The summed E-state index contributed by atoms with van der Waals surface area (Å²) >= 11 is 7.40. The largest absolute Gasteiger partial charge is 0.486 e. The van der Waals surface area contributed by atoms with Gasteiger partial charge < -0.3 is 19.2 Å². The number of halogens is 1. The third-order valence-electron chi connectivity index (χ3n) is 3.14. The van der Waals surface area contributed by atoms with Crippen molar-refractivity contribution in [2.24, 2.45) is 0 Å². The summed E-state index contributed by atoms with van der Waals surface area (Å²) in [5.41, 5.74) is 0. The van der Waals surface area contributed by atoms with Gasteiger partial charge in [0.1, 0.15) is 24.2 Å². The minimum Gasteiger partial charge on any atom is -0.486 e. The van der Waals surface area contributed by atoms with Gasteiger partial charge in [-0.05, 0) is 43.3 Å². The fourth-order valence-electron chi connectivity index (χ4n) is 1.91. The quantitative estimate of drug-likeness (QED) is 0.499. The third kappa shape index (κ3) is 5.82. The predicted octanol–water partition coefficient (Wildman–Crippen LogP) is 3.21. The average Bonchev–Trinajstić information content (AvgIpc) is 3.08. The van der Waals surface area contributed by atoms with Gasteiger partial charge in [0.05, 0.1) is 6.61 Å². The number of hydrogen-bond acceptors (Lipinski definition) is 6. The molecule has 0 aliphatic heterocycles. The van der Waals surface area contributed by atoms with Gasteiger partial charge in [0, 0.05) is 10.2 Å². The average molecular weight is 428 g/mol. The summed E-state index contributed by atoms with van der Waals surface area (Å²) in [4.78, 5) is 23.8. The van der Waals surface area contributed by atoms with Crippen LogP contribution in [-0.4, -0.2) is 30.3 Å². The highest BCUT2D eigenvalue weighted by Gasteiger charge is 2.22. The molecule has 0 saturated heterocycles. The normalized spacial score (nSPS) is 11.6. The van der Waals surface area contributed by atoms with Crippen molar-refractivity contribution < 1.29 is 23.5 Å². The van der Waals surface area contributed by atoms with Crippen LogP contribution in [0.1, 0.15) is 23.2 Å². The lowest BCUT2D eigenvalue weighted by Gasteiger charge is -2.13. The second-order valence-corrected chi connectivity index (χ2v) is 6.25. The molecule has 0 unspecified atom stereocenters. The molecule has 0 aliphatic carbocycles. The standard InChI is InChI=1S/C17H18BrNO5S/c1-2-22-17(21)14(10-25)19-16(20)15-8-7-13(24-15)9-23-12-5-3-11(18)4-6-12/h3-8,14,25H,2,9-10H2,1H3,(H,19,20)/t14-/m0/s1. The number of amides is 1. The lowest BCUT2D eigenvalue weighted by Crippen LogP contribution is -2.43. The molecule has 0 aliphatic rings. The van der Waals surface area contributed by atoms with Crippen LogP contribution in [0, 0.1) is 0 Å². The smallest absolute Gasteiger partial charge is 0.329 e. The maximum absolute atomic E-state index is 12.2. The Morgan fingerprint density at radius 1 is 1.24 bits per heavy atom. The number of thiol groups is 1. The van der Waals surface area contributed by atoms with Crippen molar-refractivity contribution in [2.45, 2.75) is 19.6 Å². The Kier molecular flexibility index (Phi) is 7.39. The zero-order valence-electron chi connectivity index (χ0n) is 13.5. The van der Waals surface area contributed by atoms with E-state index in [1.807, 2.05) is 24.3 Å². The number of esters is 1. The first-order chi connectivity index (χ1) is 12.0. The molecule has 0 fully saturated rings. The van der Waals surface area contributed by atoms with Crippen LogP contribution in [-0.2, 0) is 16.1 Å². The van der Waals surface area contributed by atoms with Gasteiger partial charge in [-0.3, -0.25) is 4.79 Å². The van der Waals surface area contributed by atoms with Crippen molar-refractivity contribution in [3.05, 3.63) is 52.4 Å². The molecule has 1 heterocycles. The lowest BCUT2D eigenvalue weighted by atomic mass is 10.3. The summed E-state index contributed by atoms with van der Waals surface area (Å²) < 4.78 is 16.9. The molecule has 2 aromatic rings. The summed E-state index contributed by atoms with van der Waals surface area (Å²) in [6.45, 7) is 2.11. The molecular formula is C17H18BrNO5S. The van der Waals surface area contributed by atoms with Gasteiger partial charge in [-0.25, -0.2) is 4.79 Å². The molecule has 1 atom stereocenters. The van der Waals surface area contributed by atoms with Gasteiger partial charge in [-0.15, -0.1) is 0 Å². The van der Waals surface area contributed by atoms with Crippen molar-refractivity contribution in [3.8, 4) is 5.75 Å². The highest BCUT2D eigenvalue weighted by atomic mass is 79.9. The first-order valence-electron chi connectivity index (χ1n) is 7.59. The zero-order chi connectivity index (χ0) is 18.2. The highest BCUT2D eigenvalue weighted by Crippen LogP contribution is 2.18. The predicted molar refractivity (Wildman–Crippen MR) is 98.9 cm³/mol. The van der Waals surface area contributed by atoms with E-state index in [1.165, 1.54) is 6.07 Å². The molecule has 1 aromatic carbocycles. The van der Waals surface area contributed by atoms with Gasteiger partial charge in [-0.2, -0.15) is 12.6 Å². The van der Waals surface area contributed by atoms with Crippen LogP contribution in [0.5, 0.6) is 5.75 Å². The maximum Gasteiger partial charge on any atom is 0.329 e. The first-order valence-corrected chi connectivity index (χ1v) is 9.01. The second-order valence-electron chi connectivity index (χ2n) is 4.97. The summed E-state index contributed by atoms with van der Waals surface area (Å²) in [5, 5.41) is 2.53.